The molecule has 2 aromatic rings. The Morgan fingerprint density at radius 3 is 2.95 bits per heavy atom. The highest BCUT2D eigenvalue weighted by molar-refractivity contribution is 7.98. The predicted octanol–water partition coefficient (Wildman–Crippen LogP) is 1.61. The third-order valence-corrected chi connectivity index (χ3v) is 3.70. The Morgan fingerprint density at radius 1 is 1.50 bits per heavy atom. The highest BCUT2D eigenvalue weighted by atomic mass is 32.2. The monoisotopic (exact) mass is 291 g/mol. The van der Waals surface area contributed by atoms with E-state index >= 15 is 0 Å². The van der Waals surface area contributed by atoms with Crippen LogP contribution >= 0.6 is 11.8 Å². The van der Waals surface area contributed by atoms with E-state index in [-0.39, 0.29) is 12.5 Å². The minimum Gasteiger partial charge on any atom is -0.385 e. The van der Waals surface area contributed by atoms with Gasteiger partial charge < -0.3 is 15.0 Å². The molecule has 0 aliphatic rings. The quantitative estimate of drug-likeness (QED) is 0.821. The van der Waals surface area contributed by atoms with Gasteiger partial charge >= 0.3 is 0 Å². The summed E-state index contributed by atoms with van der Waals surface area (Å²) in [4.78, 5) is 16.2. The molecule has 2 N–H and O–H groups in total. The first-order valence-corrected chi connectivity index (χ1v) is 7.42. The number of carbonyl (C=O) groups is 1. The Morgan fingerprint density at radius 2 is 2.30 bits per heavy atom. The number of nitrogens with one attached hydrogen (secondary N) is 1. The molecule has 0 aliphatic heterocycles. The van der Waals surface area contributed by atoms with Gasteiger partial charge in [-0.15, -0.1) is 11.8 Å². The number of nitrogens with zero attached hydrogens (tertiary/aromatic N) is 2. The fourth-order valence-corrected chi connectivity index (χ4v) is 2.48. The van der Waals surface area contributed by atoms with Gasteiger partial charge in [-0.05, 0) is 30.5 Å². The molecule has 2 aromatic heterocycles. The molecule has 1 atom stereocenters. The Bertz CT molecular complexity index is 598. The van der Waals surface area contributed by atoms with E-state index in [0.717, 1.165) is 5.69 Å². The second kappa shape index (κ2) is 6.58. The SMILES string of the molecule is CSc1ncccc1C(=O)NC[C@H](O)c1cccn1C. The van der Waals surface area contributed by atoms with Gasteiger partial charge in [0.25, 0.3) is 5.91 Å². The maximum absolute atomic E-state index is 12.1. The van der Waals surface area contributed by atoms with Gasteiger partial charge in [-0.25, -0.2) is 4.98 Å². The van der Waals surface area contributed by atoms with Crippen LogP contribution in [0.4, 0.5) is 0 Å². The fraction of sp³-hybridized carbons (Fsp3) is 0.286. The van der Waals surface area contributed by atoms with Crippen molar-refractivity contribution in [3.05, 3.63) is 47.9 Å². The van der Waals surface area contributed by atoms with Gasteiger partial charge in [0.15, 0.2) is 0 Å². The van der Waals surface area contributed by atoms with Crippen molar-refractivity contribution < 1.29 is 9.90 Å². The molecule has 1 amide bonds. The Hall–Kier alpha value is -1.79. The molecule has 6 heteroatoms. The van der Waals surface area contributed by atoms with Crippen molar-refractivity contribution in [2.24, 2.45) is 7.05 Å². The summed E-state index contributed by atoms with van der Waals surface area (Å²) in [5.74, 6) is -0.226. The van der Waals surface area contributed by atoms with E-state index < -0.39 is 6.10 Å². The number of hydrogen-bond acceptors (Lipinski definition) is 4. The van der Waals surface area contributed by atoms with Gasteiger partial charge in [-0.1, -0.05) is 0 Å². The lowest BCUT2D eigenvalue weighted by atomic mass is 10.2. The molecule has 0 aliphatic carbocycles. The van der Waals surface area contributed by atoms with Gasteiger partial charge in [0.1, 0.15) is 11.1 Å². The molecular formula is C14H17N3O2S. The largest absolute Gasteiger partial charge is 0.385 e. The summed E-state index contributed by atoms with van der Waals surface area (Å²) in [5, 5.41) is 13.5. The molecule has 0 aromatic carbocycles. The summed E-state index contributed by atoms with van der Waals surface area (Å²) in [6, 6.07) is 7.13. The molecule has 2 rings (SSSR count). The lowest BCUT2D eigenvalue weighted by Crippen LogP contribution is -2.29. The molecular weight excluding hydrogens is 274 g/mol. The molecule has 0 bridgehead atoms. The van der Waals surface area contributed by atoms with Crippen LogP contribution in [0.25, 0.3) is 0 Å². The Labute approximate surface area is 122 Å². The summed E-state index contributed by atoms with van der Waals surface area (Å²) in [6.07, 6.45) is 4.65. The third-order valence-electron chi connectivity index (χ3n) is 2.99. The van der Waals surface area contributed by atoms with E-state index in [1.54, 1.807) is 18.3 Å². The minimum atomic E-state index is -0.728. The predicted molar refractivity (Wildman–Crippen MR) is 78.7 cm³/mol. The van der Waals surface area contributed by atoms with Crippen molar-refractivity contribution >= 4 is 17.7 Å². The number of thioether (sulfide) groups is 1. The van der Waals surface area contributed by atoms with Crippen molar-refractivity contribution in [2.75, 3.05) is 12.8 Å². The molecule has 5 nitrogen and oxygen atoms in total. The highest BCUT2D eigenvalue weighted by Gasteiger charge is 2.15. The van der Waals surface area contributed by atoms with E-state index in [1.807, 2.05) is 36.2 Å². The number of aliphatic hydroxyl groups excluding tert-OH is 1. The van der Waals surface area contributed by atoms with E-state index in [4.69, 9.17) is 0 Å². The van der Waals surface area contributed by atoms with Crippen molar-refractivity contribution in [2.45, 2.75) is 11.1 Å². The number of carbonyl (C=O) groups excluding carboxylic acids is 1. The number of aliphatic hydroxyl groups is 1. The first-order chi connectivity index (χ1) is 9.63. The number of amides is 1. The van der Waals surface area contributed by atoms with Crippen LogP contribution in [-0.4, -0.2) is 33.4 Å². The first-order valence-electron chi connectivity index (χ1n) is 6.20. The molecule has 0 saturated heterocycles. The average molecular weight is 291 g/mol. The van der Waals surface area contributed by atoms with Crippen LogP contribution < -0.4 is 5.32 Å². The molecule has 0 unspecified atom stereocenters. The molecule has 106 valence electrons. The first kappa shape index (κ1) is 14.6. The zero-order valence-electron chi connectivity index (χ0n) is 11.4. The molecule has 20 heavy (non-hydrogen) atoms. The summed E-state index contributed by atoms with van der Waals surface area (Å²) < 4.78 is 1.83. The number of aryl methyl sites for hydroxylation is 1. The van der Waals surface area contributed by atoms with Crippen LogP contribution in [-0.2, 0) is 7.05 Å². The van der Waals surface area contributed by atoms with Crippen LogP contribution in [0.2, 0.25) is 0 Å². The molecule has 0 spiro atoms. The van der Waals surface area contributed by atoms with Crippen LogP contribution in [0.3, 0.4) is 0 Å². The van der Waals surface area contributed by atoms with Gasteiger partial charge in [0, 0.05) is 31.7 Å². The van der Waals surface area contributed by atoms with Crippen molar-refractivity contribution in [3.63, 3.8) is 0 Å². The standard InChI is InChI=1S/C14H17N3O2S/c1-17-8-4-6-11(17)12(18)9-16-13(19)10-5-3-7-15-14(10)20-2/h3-8,12,18H,9H2,1-2H3,(H,16,19)/t12-/m0/s1. The summed E-state index contributed by atoms with van der Waals surface area (Å²) >= 11 is 1.42. The highest BCUT2D eigenvalue weighted by Crippen LogP contribution is 2.17. The zero-order chi connectivity index (χ0) is 14.5. The number of aromatic nitrogens is 2. The van der Waals surface area contributed by atoms with E-state index in [9.17, 15) is 9.90 Å². The molecule has 0 fully saturated rings. The van der Waals surface area contributed by atoms with Gasteiger partial charge in [-0.3, -0.25) is 4.79 Å². The maximum atomic E-state index is 12.1. The second-order valence-corrected chi connectivity index (χ2v) is 5.12. The van der Waals surface area contributed by atoms with Gasteiger partial charge in [0.05, 0.1) is 5.56 Å². The van der Waals surface area contributed by atoms with Crippen molar-refractivity contribution in [1.29, 1.82) is 0 Å². The van der Waals surface area contributed by atoms with Gasteiger partial charge in [-0.2, -0.15) is 0 Å². The molecule has 0 saturated carbocycles. The van der Waals surface area contributed by atoms with Gasteiger partial charge in [0.2, 0.25) is 0 Å². The third kappa shape index (κ3) is 3.20. The topological polar surface area (TPSA) is 67.2 Å². The van der Waals surface area contributed by atoms with E-state index in [1.165, 1.54) is 11.8 Å². The Balaban J connectivity index is 2.00. The van der Waals surface area contributed by atoms with Crippen LogP contribution in [0.5, 0.6) is 0 Å². The smallest absolute Gasteiger partial charge is 0.254 e. The summed E-state index contributed by atoms with van der Waals surface area (Å²) in [6.45, 7) is 0.166. The fourth-order valence-electron chi connectivity index (χ4n) is 1.94. The van der Waals surface area contributed by atoms with E-state index in [2.05, 4.69) is 10.3 Å². The van der Waals surface area contributed by atoms with Crippen LogP contribution in [0.15, 0.2) is 41.7 Å². The number of pyridine rings is 1. The lowest BCUT2D eigenvalue weighted by molar-refractivity contribution is 0.0908. The minimum absolute atomic E-state index is 0.166. The van der Waals surface area contributed by atoms with E-state index in [0.29, 0.717) is 10.6 Å². The zero-order valence-corrected chi connectivity index (χ0v) is 12.2. The summed E-state index contributed by atoms with van der Waals surface area (Å²) in [5.41, 5.74) is 1.29. The van der Waals surface area contributed by atoms with Crippen LogP contribution in [0, 0.1) is 0 Å². The molecule has 0 radical (unpaired) electrons. The van der Waals surface area contributed by atoms with Crippen molar-refractivity contribution in [1.82, 2.24) is 14.9 Å². The normalized spacial score (nSPS) is 12.2. The van der Waals surface area contributed by atoms with Crippen molar-refractivity contribution in [3.8, 4) is 0 Å². The molecule has 2 heterocycles. The maximum Gasteiger partial charge on any atom is 0.254 e. The number of hydrogen-bond donors (Lipinski definition) is 2. The van der Waals surface area contributed by atoms with Crippen LogP contribution in [0.1, 0.15) is 22.2 Å². The lowest BCUT2D eigenvalue weighted by Gasteiger charge is -2.13. The second-order valence-electron chi connectivity index (χ2n) is 4.33. The number of rotatable bonds is 5. The Kier molecular flexibility index (Phi) is 4.81. The average Bonchev–Trinajstić information content (AvgIpc) is 2.90. The summed E-state index contributed by atoms with van der Waals surface area (Å²) in [7, 11) is 1.85.